The quantitative estimate of drug-likeness (QED) is 0.163. The van der Waals surface area contributed by atoms with E-state index in [1.54, 1.807) is 6.20 Å². The van der Waals surface area contributed by atoms with E-state index >= 15 is 0 Å². The van der Waals surface area contributed by atoms with Gasteiger partial charge in [-0.15, -0.1) is 0 Å². The molecule has 2 N–H and O–H groups in total. The zero-order valence-corrected chi connectivity index (χ0v) is 35.2. The molecular weight excluding hydrogens is 737 g/mol. The highest BCUT2D eigenvalue weighted by atomic mass is 15.1. The second kappa shape index (κ2) is 14.2. The average Bonchev–Trinajstić information content (AvgIpc) is 3.74. The minimum Gasteiger partial charge on any atom is -0.403 e. The molecule has 2 nitrogen and oxygen atoms in total. The van der Waals surface area contributed by atoms with E-state index in [9.17, 15) is 0 Å². The molecule has 0 bridgehead atoms. The smallest absolute Gasteiger partial charge is 0.0612 e. The summed E-state index contributed by atoms with van der Waals surface area (Å²) in [7, 11) is 0. The molecule has 3 aliphatic rings. The fourth-order valence-corrected chi connectivity index (χ4v) is 10.8. The van der Waals surface area contributed by atoms with E-state index in [4.69, 9.17) is 5.73 Å². The number of anilines is 2. The van der Waals surface area contributed by atoms with Gasteiger partial charge in [0.1, 0.15) is 0 Å². The van der Waals surface area contributed by atoms with Gasteiger partial charge < -0.3 is 10.6 Å². The number of benzene rings is 8. The number of allylic oxidation sites excluding steroid dienone is 6. The Hall–Kier alpha value is -7.16. The molecule has 3 aliphatic carbocycles. The van der Waals surface area contributed by atoms with Crippen molar-refractivity contribution in [3.63, 3.8) is 0 Å². The highest BCUT2D eigenvalue weighted by Gasteiger charge is 2.38. The normalized spacial score (nSPS) is 16.1. The first-order valence-electron chi connectivity index (χ1n) is 21.6. The molecule has 11 rings (SSSR count). The minimum absolute atomic E-state index is 0.0775. The SMILES string of the molecule is C/C=C\C(=C/N)N(c1ccc(-c2ccc3c4c(cccc24)-c2c-3c(-c3ccccc3)c3ccccc3c2-c2ccccc2)cc1)c1ccc2c(c1)C(C)(C)C1=C2CC(C)C=C1. The molecule has 61 heavy (non-hydrogen) atoms. The Morgan fingerprint density at radius 2 is 1.16 bits per heavy atom. The molecule has 0 heterocycles. The molecule has 0 radical (unpaired) electrons. The van der Waals surface area contributed by atoms with Crippen molar-refractivity contribution in [2.75, 3.05) is 4.90 Å². The third-order valence-electron chi connectivity index (χ3n) is 13.5. The van der Waals surface area contributed by atoms with Gasteiger partial charge in [-0.05, 0) is 149 Å². The van der Waals surface area contributed by atoms with Gasteiger partial charge in [-0.2, -0.15) is 0 Å². The van der Waals surface area contributed by atoms with Crippen LogP contribution in [0.3, 0.4) is 0 Å². The fourth-order valence-electron chi connectivity index (χ4n) is 10.8. The van der Waals surface area contributed by atoms with Gasteiger partial charge in [-0.1, -0.05) is 172 Å². The summed E-state index contributed by atoms with van der Waals surface area (Å²) < 4.78 is 0. The van der Waals surface area contributed by atoms with Gasteiger partial charge >= 0.3 is 0 Å². The largest absolute Gasteiger partial charge is 0.403 e. The van der Waals surface area contributed by atoms with E-state index in [1.807, 2.05) is 6.92 Å². The fraction of sp³-hybridized carbons (Fsp3) is 0.119. The Morgan fingerprint density at radius 3 is 1.80 bits per heavy atom. The van der Waals surface area contributed by atoms with E-state index < -0.39 is 0 Å². The van der Waals surface area contributed by atoms with Crippen LogP contribution in [-0.4, -0.2) is 0 Å². The molecule has 0 aromatic heterocycles. The molecule has 0 saturated carbocycles. The van der Waals surface area contributed by atoms with Gasteiger partial charge in [0.25, 0.3) is 0 Å². The van der Waals surface area contributed by atoms with Crippen molar-refractivity contribution in [3.8, 4) is 55.6 Å². The van der Waals surface area contributed by atoms with Crippen LogP contribution in [0.5, 0.6) is 0 Å². The molecule has 0 aliphatic heterocycles. The predicted octanol–water partition coefficient (Wildman–Crippen LogP) is 15.8. The van der Waals surface area contributed by atoms with Crippen LogP contribution < -0.4 is 10.6 Å². The molecule has 8 aromatic carbocycles. The van der Waals surface area contributed by atoms with E-state index in [-0.39, 0.29) is 5.41 Å². The maximum absolute atomic E-state index is 6.42. The highest BCUT2D eigenvalue weighted by molar-refractivity contribution is 6.28. The van der Waals surface area contributed by atoms with Crippen molar-refractivity contribution in [1.29, 1.82) is 0 Å². The molecular formula is C59H48N2. The van der Waals surface area contributed by atoms with Crippen LogP contribution in [-0.2, 0) is 5.41 Å². The second-order valence-electron chi connectivity index (χ2n) is 17.4. The first-order valence-corrected chi connectivity index (χ1v) is 21.6. The summed E-state index contributed by atoms with van der Waals surface area (Å²) in [4.78, 5) is 2.29. The first-order chi connectivity index (χ1) is 29.9. The maximum Gasteiger partial charge on any atom is 0.0612 e. The zero-order valence-electron chi connectivity index (χ0n) is 35.2. The Morgan fingerprint density at radius 1 is 0.590 bits per heavy atom. The van der Waals surface area contributed by atoms with E-state index in [0.29, 0.717) is 5.92 Å². The van der Waals surface area contributed by atoms with Crippen LogP contribution in [0.4, 0.5) is 11.4 Å². The van der Waals surface area contributed by atoms with Gasteiger partial charge in [0.15, 0.2) is 0 Å². The molecule has 0 spiro atoms. The van der Waals surface area contributed by atoms with Crippen molar-refractivity contribution in [2.24, 2.45) is 11.7 Å². The molecule has 0 amide bonds. The first kappa shape index (κ1) is 36.9. The number of nitrogens with two attached hydrogens (primary N) is 1. The minimum atomic E-state index is -0.0775. The Kier molecular flexibility index (Phi) is 8.61. The van der Waals surface area contributed by atoms with Crippen molar-refractivity contribution in [1.82, 2.24) is 0 Å². The zero-order chi connectivity index (χ0) is 41.4. The van der Waals surface area contributed by atoms with Crippen molar-refractivity contribution in [3.05, 3.63) is 211 Å². The van der Waals surface area contributed by atoms with Crippen molar-refractivity contribution >= 4 is 38.5 Å². The van der Waals surface area contributed by atoms with Gasteiger partial charge in [0, 0.05) is 23.0 Å². The Bertz CT molecular complexity index is 3100. The standard InChI is InChI=1S/C59H48N2/c1-5-15-43(36-60)61(42-29-30-45-51-34-37(2)24-33-52(51)59(3,4)53(45)35-42)41-27-25-38(26-28-41)44-31-32-50-56-46(44)22-14-23-49(56)57-54(39-16-8-6-9-17-39)47-20-12-13-21-48(47)55(58(50)57)40-18-10-7-11-19-40/h5-33,35-37H,34,60H2,1-4H3/b15-5-,43-36+. The lowest BCUT2D eigenvalue weighted by molar-refractivity contribution is 0.643. The number of hydrogen-bond donors (Lipinski definition) is 1. The number of nitrogens with zero attached hydrogens (tertiary/aromatic N) is 1. The molecule has 8 aromatic rings. The summed E-state index contributed by atoms with van der Waals surface area (Å²) in [6.45, 7) is 9.10. The summed E-state index contributed by atoms with van der Waals surface area (Å²) in [6, 6.07) is 58.5. The Balaban J connectivity index is 1.06. The summed E-state index contributed by atoms with van der Waals surface area (Å²) in [5.41, 5.74) is 27.8. The molecule has 0 fully saturated rings. The van der Waals surface area contributed by atoms with E-state index in [2.05, 4.69) is 208 Å². The van der Waals surface area contributed by atoms with Crippen LogP contribution in [0.2, 0.25) is 0 Å². The monoisotopic (exact) mass is 784 g/mol. The topological polar surface area (TPSA) is 29.3 Å². The highest BCUT2D eigenvalue weighted by Crippen LogP contribution is 2.59. The maximum atomic E-state index is 6.42. The third kappa shape index (κ3) is 5.62. The summed E-state index contributed by atoms with van der Waals surface area (Å²) in [5.74, 6) is 0.545. The lowest BCUT2D eigenvalue weighted by Crippen LogP contribution is -2.20. The van der Waals surface area contributed by atoms with Gasteiger partial charge in [0.05, 0.1) is 5.70 Å². The lowest BCUT2D eigenvalue weighted by atomic mass is 9.79. The van der Waals surface area contributed by atoms with Gasteiger partial charge in [0.2, 0.25) is 0 Å². The summed E-state index contributed by atoms with van der Waals surface area (Å²) in [5, 5.41) is 5.12. The van der Waals surface area contributed by atoms with Crippen LogP contribution >= 0.6 is 0 Å². The average molecular weight is 785 g/mol. The number of rotatable bonds is 7. The van der Waals surface area contributed by atoms with E-state index in [0.717, 1.165) is 23.5 Å². The predicted molar refractivity (Wildman–Crippen MR) is 261 cm³/mol. The van der Waals surface area contributed by atoms with Crippen LogP contribution in [0.1, 0.15) is 45.2 Å². The third-order valence-corrected chi connectivity index (χ3v) is 13.5. The molecule has 0 saturated heterocycles. The number of hydrogen-bond acceptors (Lipinski definition) is 2. The van der Waals surface area contributed by atoms with Gasteiger partial charge in [-0.25, -0.2) is 0 Å². The van der Waals surface area contributed by atoms with Gasteiger partial charge in [-0.3, -0.25) is 0 Å². The Labute approximate surface area is 359 Å². The molecule has 294 valence electrons. The van der Waals surface area contributed by atoms with Crippen LogP contribution in [0, 0.1) is 5.92 Å². The lowest BCUT2D eigenvalue weighted by Gasteiger charge is -2.29. The summed E-state index contributed by atoms with van der Waals surface area (Å²) >= 11 is 0. The molecule has 1 atom stereocenters. The summed E-state index contributed by atoms with van der Waals surface area (Å²) in [6.07, 6.45) is 11.7. The van der Waals surface area contributed by atoms with Crippen molar-refractivity contribution < 1.29 is 0 Å². The number of fused-ring (bicyclic) bond motifs is 6. The van der Waals surface area contributed by atoms with Crippen LogP contribution in [0.15, 0.2) is 199 Å². The molecule has 1 unspecified atom stereocenters. The molecule has 2 heteroatoms. The van der Waals surface area contributed by atoms with Crippen LogP contribution in [0.25, 0.3) is 82.8 Å². The van der Waals surface area contributed by atoms with E-state index in [1.165, 1.54) is 99.5 Å². The second-order valence-corrected chi connectivity index (χ2v) is 17.4. The van der Waals surface area contributed by atoms with Crippen molar-refractivity contribution in [2.45, 2.75) is 39.5 Å².